The van der Waals surface area contributed by atoms with Crippen molar-refractivity contribution < 1.29 is 9.59 Å². The van der Waals surface area contributed by atoms with E-state index in [1.54, 1.807) is 12.1 Å². The quantitative estimate of drug-likeness (QED) is 0.587. The van der Waals surface area contributed by atoms with Crippen molar-refractivity contribution in [2.24, 2.45) is 17.8 Å². The lowest BCUT2D eigenvalue weighted by molar-refractivity contribution is -0.122. The highest BCUT2D eigenvalue weighted by molar-refractivity contribution is 6.32. The van der Waals surface area contributed by atoms with E-state index in [0.717, 1.165) is 5.56 Å². The molecule has 3 atom stereocenters. The van der Waals surface area contributed by atoms with Gasteiger partial charge in [-0.2, -0.15) is 0 Å². The van der Waals surface area contributed by atoms with Gasteiger partial charge < -0.3 is 0 Å². The molecular weight excluding hydrogens is 274 g/mol. The van der Waals surface area contributed by atoms with Gasteiger partial charge >= 0.3 is 0 Å². The molecule has 0 bridgehead atoms. The van der Waals surface area contributed by atoms with Crippen LogP contribution >= 0.6 is 11.6 Å². The molecule has 1 saturated heterocycles. The van der Waals surface area contributed by atoms with Crippen molar-refractivity contribution in [1.29, 1.82) is 0 Å². The predicted molar refractivity (Wildman–Crippen MR) is 78.6 cm³/mol. The van der Waals surface area contributed by atoms with Crippen LogP contribution in [-0.4, -0.2) is 11.8 Å². The first kappa shape index (κ1) is 13.4. The minimum absolute atomic E-state index is 0.100. The van der Waals surface area contributed by atoms with Gasteiger partial charge in [0.15, 0.2) is 0 Å². The van der Waals surface area contributed by atoms with E-state index in [-0.39, 0.29) is 29.6 Å². The minimum atomic E-state index is -0.229. The summed E-state index contributed by atoms with van der Waals surface area (Å²) < 4.78 is 0. The fraction of sp³-hybridized carbons (Fsp3) is 0.375. The topological polar surface area (TPSA) is 37.4 Å². The highest BCUT2D eigenvalue weighted by Gasteiger charge is 2.50. The zero-order valence-electron chi connectivity index (χ0n) is 11.5. The summed E-state index contributed by atoms with van der Waals surface area (Å²) in [5.74, 6) is -0.542. The van der Waals surface area contributed by atoms with E-state index in [0.29, 0.717) is 17.1 Å². The third kappa shape index (κ3) is 1.88. The zero-order chi connectivity index (χ0) is 14.4. The Morgan fingerprint density at radius 1 is 1.25 bits per heavy atom. The molecule has 1 aliphatic carbocycles. The summed E-state index contributed by atoms with van der Waals surface area (Å²) in [7, 11) is 0. The number of hydrogen-bond donors (Lipinski definition) is 0. The summed E-state index contributed by atoms with van der Waals surface area (Å²) in [4.78, 5) is 26.4. The van der Waals surface area contributed by atoms with Crippen LogP contribution in [0.5, 0.6) is 0 Å². The molecule has 0 aromatic heterocycles. The average molecular weight is 290 g/mol. The number of nitrogens with zero attached hydrogens (tertiary/aromatic N) is 1. The molecule has 2 aliphatic rings. The van der Waals surface area contributed by atoms with Crippen LogP contribution in [0.15, 0.2) is 30.4 Å². The van der Waals surface area contributed by atoms with E-state index < -0.39 is 0 Å². The molecule has 3 unspecified atom stereocenters. The molecule has 0 spiro atoms. The molecule has 1 fully saturated rings. The Morgan fingerprint density at radius 3 is 2.65 bits per heavy atom. The Labute approximate surface area is 123 Å². The number of aryl methyl sites for hydroxylation is 1. The van der Waals surface area contributed by atoms with E-state index in [4.69, 9.17) is 11.6 Å². The number of carbonyl (C=O) groups is 2. The summed E-state index contributed by atoms with van der Waals surface area (Å²) in [5, 5.41) is 0.573. The maximum absolute atomic E-state index is 12.6. The number of imide groups is 1. The van der Waals surface area contributed by atoms with Crippen molar-refractivity contribution in [3.63, 3.8) is 0 Å². The first-order valence-corrected chi connectivity index (χ1v) is 7.19. The Balaban J connectivity index is 2.01. The molecule has 1 aromatic rings. The van der Waals surface area contributed by atoms with Gasteiger partial charge in [0, 0.05) is 5.02 Å². The molecular formula is C16H16ClNO2. The van der Waals surface area contributed by atoms with Gasteiger partial charge in [-0.25, -0.2) is 4.90 Å². The normalized spacial score (nSPS) is 28.9. The number of fused-ring (bicyclic) bond motifs is 1. The highest BCUT2D eigenvalue weighted by atomic mass is 35.5. The van der Waals surface area contributed by atoms with Crippen LogP contribution in [0.3, 0.4) is 0 Å². The summed E-state index contributed by atoms with van der Waals surface area (Å²) in [6.07, 6.45) is 4.68. The van der Waals surface area contributed by atoms with Gasteiger partial charge in [0.25, 0.3) is 0 Å². The van der Waals surface area contributed by atoms with Gasteiger partial charge in [0.1, 0.15) is 0 Å². The van der Waals surface area contributed by atoms with Crippen molar-refractivity contribution in [3.05, 3.63) is 40.9 Å². The fourth-order valence-electron chi connectivity index (χ4n) is 3.12. The lowest BCUT2D eigenvalue weighted by Gasteiger charge is -2.22. The van der Waals surface area contributed by atoms with Gasteiger partial charge in [-0.3, -0.25) is 9.59 Å². The van der Waals surface area contributed by atoms with Crippen molar-refractivity contribution in [2.45, 2.75) is 20.3 Å². The number of benzene rings is 1. The second kappa shape index (κ2) is 4.74. The smallest absolute Gasteiger partial charge is 0.238 e. The number of anilines is 1. The monoisotopic (exact) mass is 289 g/mol. The minimum Gasteiger partial charge on any atom is -0.274 e. The third-order valence-electron chi connectivity index (χ3n) is 4.29. The third-order valence-corrected chi connectivity index (χ3v) is 4.69. The van der Waals surface area contributed by atoms with Crippen LogP contribution in [0.2, 0.25) is 5.02 Å². The van der Waals surface area contributed by atoms with Crippen LogP contribution < -0.4 is 4.90 Å². The molecule has 3 nitrogen and oxygen atoms in total. The number of allylic oxidation sites excluding steroid dienone is 2. The number of halogens is 1. The van der Waals surface area contributed by atoms with Gasteiger partial charge in [-0.15, -0.1) is 0 Å². The highest BCUT2D eigenvalue weighted by Crippen LogP contribution is 2.40. The first-order chi connectivity index (χ1) is 9.50. The van der Waals surface area contributed by atoms with Crippen molar-refractivity contribution in [2.75, 3.05) is 4.90 Å². The maximum atomic E-state index is 12.6. The lowest BCUT2D eigenvalue weighted by Crippen LogP contribution is -2.31. The van der Waals surface area contributed by atoms with Crippen LogP contribution in [0.4, 0.5) is 5.69 Å². The summed E-state index contributed by atoms with van der Waals surface area (Å²) in [6.45, 7) is 3.88. The molecule has 4 heteroatoms. The first-order valence-electron chi connectivity index (χ1n) is 6.81. The SMILES string of the molecule is Cc1ccc(N2C(=O)C3CC=CC(C)C3C2=O)cc1Cl. The Hall–Kier alpha value is -1.61. The van der Waals surface area contributed by atoms with E-state index in [9.17, 15) is 9.59 Å². The zero-order valence-corrected chi connectivity index (χ0v) is 12.2. The van der Waals surface area contributed by atoms with Crippen LogP contribution in [-0.2, 0) is 9.59 Å². The molecule has 1 heterocycles. The van der Waals surface area contributed by atoms with Crippen LogP contribution in [0.1, 0.15) is 18.9 Å². The Bertz CT molecular complexity index is 623. The second-order valence-electron chi connectivity index (χ2n) is 5.60. The van der Waals surface area contributed by atoms with Crippen molar-refractivity contribution in [1.82, 2.24) is 0 Å². The molecule has 3 rings (SSSR count). The Morgan fingerprint density at radius 2 is 2.00 bits per heavy atom. The van der Waals surface area contributed by atoms with Gasteiger partial charge in [-0.05, 0) is 37.0 Å². The van der Waals surface area contributed by atoms with Crippen LogP contribution in [0, 0.1) is 24.7 Å². The molecule has 0 saturated carbocycles. The van der Waals surface area contributed by atoms with Gasteiger partial charge in [-0.1, -0.05) is 36.7 Å². The molecule has 1 aliphatic heterocycles. The molecule has 20 heavy (non-hydrogen) atoms. The molecule has 0 radical (unpaired) electrons. The van der Waals surface area contributed by atoms with Crippen molar-refractivity contribution >= 4 is 29.1 Å². The van der Waals surface area contributed by atoms with E-state index in [1.807, 2.05) is 32.1 Å². The standard InChI is InChI=1S/C16H16ClNO2/c1-9-6-7-11(8-13(9)17)18-15(19)12-5-3-4-10(2)14(12)16(18)20/h3-4,6-8,10,12,14H,5H2,1-2H3. The number of amides is 2. The van der Waals surface area contributed by atoms with E-state index in [2.05, 4.69) is 0 Å². The van der Waals surface area contributed by atoms with E-state index in [1.165, 1.54) is 4.90 Å². The Kier molecular flexibility index (Phi) is 3.17. The fourth-order valence-corrected chi connectivity index (χ4v) is 3.30. The van der Waals surface area contributed by atoms with Gasteiger partial charge in [0.2, 0.25) is 11.8 Å². The van der Waals surface area contributed by atoms with Gasteiger partial charge in [0.05, 0.1) is 17.5 Å². The lowest BCUT2D eigenvalue weighted by atomic mass is 9.78. The average Bonchev–Trinajstić information content (AvgIpc) is 2.67. The number of rotatable bonds is 1. The molecule has 2 amide bonds. The molecule has 0 N–H and O–H groups in total. The second-order valence-corrected chi connectivity index (χ2v) is 6.01. The summed E-state index contributed by atoms with van der Waals surface area (Å²) in [6, 6.07) is 5.32. The van der Waals surface area contributed by atoms with E-state index >= 15 is 0 Å². The predicted octanol–water partition coefficient (Wildman–Crippen LogP) is 3.35. The maximum Gasteiger partial charge on any atom is 0.238 e. The van der Waals surface area contributed by atoms with Crippen molar-refractivity contribution in [3.8, 4) is 0 Å². The summed E-state index contributed by atoms with van der Waals surface area (Å²) >= 11 is 6.11. The number of carbonyl (C=O) groups excluding carboxylic acids is 2. The molecule has 104 valence electrons. The van der Waals surface area contributed by atoms with Crippen LogP contribution in [0.25, 0.3) is 0 Å². The largest absolute Gasteiger partial charge is 0.274 e. The molecule has 1 aromatic carbocycles. The summed E-state index contributed by atoms with van der Waals surface area (Å²) in [5.41, 5.74) is 1.51. The number of hydrogen-bond acceptors (Lipinski definition) is 2.